The van der Waals surface area contributed by atoms with Crippen molar-refractivity contribution in [3.63, 3.8) is 0 Å². The van der Waals surface area contributed by atoms with Gasteiger partial charge in [-0.3, -0.25) is 9.59 Å². The van der Waals surface area contributed by atoms with Gasteiger partial charge in [0.15, 0.2) is 0 Å². The highest BCUT2D eigenvalue weighted by Crippen LogP contribution is 2.37. The number of H-pyrrole nitrogens is 2. The number of amides is 4. The summed E-state index contributed by atoms with van der Waals surface area (Å²) in [7, 11) is 2.62. The molecule has 62 heavy (non-hydrogen) atoms. The van der Waals surface area contributed by atoms with E-state index in [9.17, 15) is 19.2 Å². The number of alkyl carbamates (subject to hydrolysis) is 2. The lowest BCUT2D eigenvalue weighted by Crippen LogP contribution is -2.53. The van der Waals surface area contributed by atoms with E-state index in [1.54, 1.807) is 0 Å². The minimum atomic E-state index is -0.690. The molecule has 4 aliphatic heterocycles. The number of rotatable bonds is 10. The highest BCUT2D eigenvalue weighted by molar-refractivity contribution is 5.89. The average Bonchev–Trinajstić information content (AvgIpc) is 4.16. The Morgan fingerprint density at radius 2 is 0.984 bits per heavy atom. The number of likely N-dealkylation sites (tertiary alicyclic amines) is 2. The summed E-state index contributed by atoms with van der Waals surface area (Å²) in [6, 6.07) is 18.9. The molecule has 6 heterocycles. The van der Waals surface area contributed by atoms with Crippen molar-refractivity contribution in [2.24, 2.45) is 11.8 Å². The van der Waals surface area contributed by atoms with Gasteiger partial charge in [0, 0.05) is 39.5 Å². The van der Waals surface area contributed by atoms with Crippen LogP contribution >= 0.6 is 0 Å². The van der Waals surface area contributed by atoms with Crippen molar-refractivity contribution >= 4 is 46.1 Å². The van der Waals surface area contributed by atoms with Gasteiger partial charge in [0.05, 0.1) is 48.4 Å². The fourth-order valence-corrected chi connectivity index (χ4v) is 9.81. The molecule has 5 aromatic rings. The fraction of sp³-hybridized carbons (Fsp3) is 0.478. The first kappa shape index (κ1) is 41.4. The van der Waals surface area contributed by atoms with E-state index in [0.29, 0.717) is 65.2 Å². The van der Waals surface area contributed by atoms with Gasteiger partial charge in [-0.2, -0.15) is 0 Å². The third kappa shape index (κ3) is 8.45. The van der Waals surface area contributed by atoms with Gasteiger partial charge < -0.3 is 49.3 Å². The first-order valence-corrected chi connectivity index (χ1v) is 21.8. The van der Waals surface area contributed by atoms with Crippen LogP contribution in [0.4, 0.5) is 9.59 Å². The molecule has 0 spiro atoms. The van der Waals surface area contributed by atoms with E-state index >= 15 is 0 Å². The lowest BCUT2D eigenvalue weighted by atomic mass is 9.90. The Morgan fingerprint density at radius 3 is 1.37 bits per heavy atom. The SMILES string of the molecule is COC(=O)N[C@H](C(=O)N1CCC[C@H]1c1nc2ccc(-c3ccc(-c4ccc5nc([C@@H]6CCCN6C(=O)[C@@H](NC(=O)OC)C6CCOCC6)[nH]c5c4)cc3)cc2[nH]1)C1CCOCC1. The molecular weight excluding hydrogens is 793 g/mol. The van der Waals surface area contributed by atoms with Crippen molar-refractivity contribution in [2.45, 2.75) is 75.5 Å². The summed E-state index contributed by atoms with van der Waals surface area (Å²) in [6.07, 6.45) is 4.77. The van der Waals surface area contributed by atoms with E-state index in [1.807, 2.05) is 21.9 Å². The molecule has 4 aliphatic rings. The van der Waals surface area contributed by atoms with Crippen molar-refractivity contribution in [3.8, 4) is 22.3 Å². The number of benzene rings is 3. The first-order valence-electron chi connectivity index (χ1n) is 21.8. The van der Waals surface area contributed by atoms with Crippen LogP contribution in [0.15, 0.2) is 60.7 Å². The maximum absolute atomic E-state index is 14.1. The van der Waals surface area contributed by atoms with Crippen molar-refractivity contribution in [2.75, 3.05) is 53.7 Å². The number of ether oxygens (including phenoxy) is 4. The molecule has 4 atom stereocenters. The largest absolute Gasteiger partial charge is 0.453 e. The zero-order valence-electron chi connectivity index (χ0n) is 35.2. The Balaban J connectivity index is 0.895. The zero-order valence-corrected chi connectivity index (χ0v) is 35.2. The van der Waals surface area contributed by atoms with Crippen LogP contribution in [-0.4, -0.2) is 120 Å². The summed E-state index contributed by atoms with van der Waals surface area (Å²) >= 11 is 0. The Kier molecular flexibility index (Phi) is 12.1. The number of methoxy groups -OCH3 is 2. The minimum Gasteiger partial charge on any atom is -0.453 e. The Hall–Kier alpha value is -6.00. The predicted octanol–water partition coefficient (Wildman–Crippen LogP) is 6.40. The number of hydrogen-bond donors (Lipinski definition) is 4. The standard InChI is InChI=1S/C46H54N8O8/c1-59-45(57)51-39(29-15-21-61-22-16-29)43(55)53-19-3-5-37(53)41-47-33-13-11-31(25-35(33)49-41)27-7-9-28(10-8-27)32-12-14-34-36(26-32)50-42(48-34)38-6-4-20-54(38)44(56)40(52-46(58)60-2)30-17-23-62-24-18-30/h7-14,25-26,29-30,37-40H,3-6,15-24H2,1-2H3,(H,47,49)(H,48,50)(H,51,57)(H,52,58)/t37-,38-,39-,40-/m0/s1. The van der Waals surface area contributed by atoms with Crippen molar-refractivity contribution in [1.82, 2.24) is 40.4 Å². The molecule has 2 aromatic heterocycles. The summed E-state index contributed by atoms with van der Waals surface area (Å²) in [6.45, 7) is 3.40. The van der Waals surface area contributed by atoms with Crippen molar-refractivity contribution < 1.29 is 38.1 Å². The van der Waals surface area contributed by atoms with Crippen LogP contribution in [0.2, 0.25) is 0 Å². The average molecular weight is 847 g/mol. The molecule has 0 saturated carbocycles. The van der Waals surface area contributed by atoms with Gasteiger partial charge in [0.2, 0.25) is 11.8 Å². The van der Waals surface area contributed by atoms with E-state index in [-0.39, 0.29) is 35.7 Å². The minimum absolute atomic E-state index is 0.0325. The maximum Gasteiger partial charge on any atom is 0.407 e. The second-order valence-electron chi connectivity index (χ2n) is 16.8. The second-order valence-corrected chi connectivity index (χ2v) is 16.8. The van der Waals surface area contributed by atoms with Gasteiger partial charge in [-0.15, -0.1) is 0 Å². The lowest BCUT2D eigenvalue weighted by Gasteiger charge is -2.34. The van der Waals surface area contributed by atoms with Gasteiger partial charge >= 0.3 is 12.2 Å². The number of imidazole rings is 2. The highest BCUT2D eigenvalue weighted by Gasteiger charge is 2.42. The van der Waals surface area contributed by atoms with E-state index in [4.69, 9.17) is 28.9 Å². The van der Waals surface area contributed by atoms with Crippen LogP contribution in [0.3, 0.4) is 0 Å². The summed E-state index contributed by atoms with van der Waals surface area (Å²) in [5.41, 5.74) is 7.58. The van der Waals surface area contributed by atoms with E-state index in [1.165, 1.54) is 14.2 Å². The number of hydrogen-bond acceptors (Lipinski definition) is 10. The Bertz CT molecular complexity index is 2250. The van der Waals surface area contributed by atoms with Gasteiger partial charge in [0.1, 0.15) is 23.7 Å². The fourth-order valence-electron chi connectivity index (χ4n) is 9.81. The summed E-state index contributed by atoms with van der Waals surface area (Å²) in [5, 5.41) is 5.65. The number of aromatic amines is 2. The number of nitrogens with one attached hydrogen (secondary N) is 4. The van der Waals surface area contributed by atoms with Crippen LogP contribution in [0.5, 0.6) is 0 Å². The zero-order chi connectivity index (χ0) is 42.7. The van der Waals surface area contributed by atoms with E-state index in [0.717, 1.165) is 81.7 Å². The lowest BCUT2D eigenvalue weighted by molar-refractivity contribution is -0.137. The number of fused-ring (bicyclic) bond motifs is 2. The first-order chi connectivity index (χ1) is 30.3. The normalized spacial score (nSPS) is 20.9. The van der Waals surface area contributed by atoms with Gasteiger partial charge in [0.25, 0.3) is 0 Å². The van der Waals surface area contributed by atoms with Gasteiger partial charge in [-0.1, -0.05) is 36.4 Å². The molecular formula is C46H54N8O8. The molecule has 326 valence electrons. The van der Waals surface area contributed by atoms with Crippen LogP contribution in [0.25, 0.3) is 44.3 Å². The number of nitrogens with zero attached hydrogens (tertiary/aromatic N) is 4. The predicted molar refractivity (Wildman–Crippen MR) is 230 cm³/mol. The molecule has 0 aliphatic carbocycles. The van der Waals surface area contributed by atoms with Crippen molar-refractivity contribution in [1.29, 1.82) is 0 Å². The molecule has 16 heteroatoms. The molecule has 9 rings (SSSR count). The quantitative estimate of drug-likeness (QED) is 0.122. The molecule has 3 aromatic carbocycles. The molecule has 4 saturated heterocycles. The number of aromatic nitrogens is 4. The molecule has 4 N–H and O–H groups in total. The Labute approximate surface area is 359 Å². The molecule has 0 radical (unpaired) electrons. The van der Waals surface area contributed by atoms with E-state index in [2.05, 4.69) is 69.1 Å². The van der Waals surface area contributed by atoms with Crippen LogP contribution in [0, 0.1) is 11.8 Å². The molecule has 4 amide bonds. The van der Waals surface area contributed by atoms with Crippen LogP contribution in [-0.2, 0) is 28.5 Å². The Morgan fingerprint density at radius 1 is 0.597 bits per heavy atom. The summed E-state index contributed by atoms with van der Waals surface area (Å²) in [4.78, 5) is 73.4. The third-order valence-electron chi connectivity index (χ3n) is 13.2. The van der Waals surface area contributed by atoms with E-state index < -0.39 is 24.3 Å². The molecule has 4 fully saturated rings. The maximum atomic E-state index is 14.1. The molecule has 16 nitrogen and oxygen atoms in total. The monoisotopic (exact) mass is 846 g/mol. The highest BCUT2D eigenvalue weighted by atomic mass is 16.5. The van der Waals surface area contributed by atoms with Gasteiger partial charge in [-0.05, 0) is 110 Å². The van der Waals surface area contributed by atoms with Crippen molar-refractivity contribution in [3.05, 3.63) is 72.3 Å². The summed E-state index contributed by atoms with van der Waals surface area (Å²) < 4.78 is 20.8. The van der Waals surface area contributed by atoms with Crippen LogP contribution in [0.1, 0.15) is 75.1 Å². The number of carbonyl (C=O) groups is 4. The summed E-state index contributed by atoms with van der Waals surface area (Å²) in [5.74, 6) is 1.18. The smallest absolute Gasteiger partial charge is 0.407 e. The van der Waals surface area contributed by atoms with Gasteiger partial charge in [-0.25, -0.2) is 19.6 Å². The molecule has 0 unspecified atom stereocenters. The number of carbonyl (C=O) groups excluding carboxylic acids is 4. The topological polar surface area (TPSA) is 193 Å². The third-order valence-corrected chi connectivity index (χ3v) is 13.2. The molecule has 0 bridgehead atoms. The second kappa shape index (κ2) is 18.2. The van der Waals surface area contributed by atoms with Crippen LogP contribution < -0.4 is 10.6 Å².